The quantitative estimate of drug-likeness (QED) is 0.299. The van der Waals surface area contributed by atoms with Gasteiger partial charge in [-0.1, -0.05) is 121 Å². The maximum absolute atomic E-state index is 10.9. The van der Waals surface area contributed by atoms with E-state index in [-0.39, 0.29) is 6.61 Å². The summed E-state index contributed by atoms with van der Waals surface area (Å²) in [4.78, 5) is 0.891. The van der Waals surface area contributed by atoms with Crippen molar-refractivity contribution >= 4 is 11.8 Å². The molecule has 5 rings (SSSR count). The van der Waals surface area contributed by atoms with Crippen LogP contribution in [0, 0.1) is 0 Å². The first kappa shape index (κ1) is 25.7. The fourth-order valence-electron chi connectivity index (χ4n) is 4.76. The van der Waals surface area contributed by atoms with E-state index in [0.717, 1.165) is 21.6 Å². The van der Waals surface area contributed by atoms with Gasteiger partial charge in [0, 0.05) is 4.90 Å². The predicted molar refractivity (Wildman–Crippen MR) is 144 cm³/mol. The van der Waals surface area contributed by atoms with Gasteiger partial charge in [0.15, 0.2) is 0 Å². The lowest BCUT2D eigenvalue weighted by atomic mass is 9.80. The van der Waals surface area contributed by atoms with Gasteiger partial charge in [-0.2, -0.15) is 0 Å². The van der Waals surface area contributed by atoms with Gasteiger partial charge in [0.25, 0.3) is 0 Å². The van der Waals surface area contributed by atoms with Crippen molar-refractivity contribution in [3.8, 4) is 0 Å². The Morgan fingerprint density at radius 3 is 1.49 bits per heavy atom. The second kappa shape index (κ2) is 11.6. The van der Waals surface area contributed by atoms with Gasteiger partial charge in [-0.05, 0) is 28.8 Å². The lowest BCUT2D eigenvalue weighted by Crippen LogP contribution is -2.58. The van der Waals surface area contributed by atoms with E-state index in [9.17, 15) is 15.3 Å². The molecule has 1 heterocycles. The van der Waals surface area contributed by atoms with Crippen molar-refractivity contribution in [2.24, 2.45) is 0 Å². The zero-order chi connectivity index (χ0) is 25.7. The Morgan fingerprint density at radius 2 is 1.03 bits per heavy atom. The minimum atomic E-state index is -1.37. The molecule has 0 aliphatic carbocycles. The van der Waals surface area contributed by atoms with E-state index in [0.29, 0.717) is 0 Å². The molecular formula is C31H30O5S. The number of aliphatic hydroxyl groups excluding tert-OH is 3. The second-order valence-electron chi connectivity index (χ2n) is 9.04. The Labute approximate surface area is 221 Å². The van der Waals surface area contributed by atoms with Crippen LogP contribution in [-0.4, -0.2) is 51.8 Å². The molecule has 5 atom stereocenters. The van der Waals surface area contributed by atoms with Gasteiger partial charge in [-0.25, -0.2) is 0 Å². The van der Waals surface area contributed by atoms with Crippen LogP contribution in [0.1, 0.15) is 16.7 Å². The van der Waals surface area contributed by atoms with E-state index in [2.05, 4.69) is 0 Å². The zero-order valence-electron chi connectivity index (χ0n) is 20.2. The van der Waals surface area contributed by atoms with E-state index in [1.54, 1.807) is 0 Å². The molecule has 3 unspecified atom stereocenters. The van der Waals surface area contributed by atoms with Crippen LogP contribution in [-0.2, 0) is 15.1 Å². The first-order chi connectivity index (χ1) is 18.1. The van der Waals surface area contributed by atoms with E-state index in [4.69, 9.17) is 9.47 Å². The Bertz CT molecular complexity index is 1140. The minimum Gasteiger partial charge on any atom is -0.387 e. The van der Waals surface area contributed by atoms with Crippen LogP contribution in [0.2, 0.25) is 0 Å². The molecule has 0 radical (unpaired) electrons. The van der Waals surface area contributed by atoms with Gasteiger partial charge in [0.05, 0.1) is 6.61 Å². The van der Waals surface area contributed by atoms with Gasteiger partial charge >= 0.3 is 0 Å². The summed E-state index contributed by atoms with van der Waals surface area (Å²) in [6.07, 6.45) is -4.81. The van der Waals surface area contributed by atoms with Crippen LogP contribution in [0.5, 0.6) is 0 Å². The van der Waals surface area contributed by atoms with Crippen LogP contribution in [0.25, 0.3) is 0 Å². The van der Waals surface area contributed by atoms with E-state index in [1.165, 1.54) is 11.8 Å². The number of benzene rings is 4. The number of thioether (sulfide) groups is 1. The van der Waals surface area contributed by atoms with Gasteiger partial charge in [0.1, 0.15) is 35.5 Å². The van der Waals surface area contributed by atoms with Crippen LogP contribution < -0.4 is 0 Å². The van der Waals surface area contributed by atoms with Crippen molar-refractivity contribution < 1.29 is 24.8 Å². The molecule has 1 saturated heterocycles. The third-order valence-electron chi connectivity index (χ3n) is 6.67. The summed E-state index contributed by atoms with van der Waals surface area (Å²) in [5.41, 5.74) is 1.01. The molecule has 6 heteroatoms. The lowest BCUT2D eigenvalue weighted by Gasteiger charge is -2.42. The molecule has 5 nitrogen and oxygen atoms in total. The van der Waals surface area contributed by atoms with Gasteiger partial charge < -0.3 is 24.8 Å². The molecule has 0 amide bonds. The molecule has 0 saturated carbocycles. The topological polar surface area (TPSA) is 79.2 Å². The van der Waals surface area contributed by atoms with Crippen molar-refractivity contribution in [3.05, 3.63) is 138 Å². The van der Waals surface area contributed by atoms with Crippen molar-refractivity contribution in [1.29, 1.82) is 0 Å². The smallest absolute Gasteiger partial charge is 0.143 e. The molecule has 1 fully saturated rings. The second-order valence-corrected chi connectivity index (χ2v) is 10.2. The number of ether oxygens (including phenoxy) is 2. The largest absolute Gasteiger partial charge is 0.387 e. The Morgan fingerprint density at radius 1 is 0.595 bits per heavy atom. The molecular weight excluding hydrogens is 484 g/mol. The van der Waals surface area contributed by atoms with Gasteiger partial charge in [-0.3, -0.25) is 0 Å². The summed E-state index contributed by atoms with van der Waals surface area (Å²) in [5.74, 6) is 0. The monoisotopic (exact) mass is 514 g/mol. The van der Waals surface area contributed by atoms with Crippen molar-refractivity contribution in [2.75, 3.05) is 6.61 Å². The van der Waals surface area contributed by atoms with E-state index >= 15 is 0 Å². The maximum atomic E-state index is 10.9. The summed E-state index contributed by atoms with van der Waals surface area (Å²) < 4.78 is 13.0. The van der Waals surface area contributed by atoms with Crippen LogP contribution in [0.4, 0.5) is 0 Å². The van der Waals surface area contributed by atoms with Crippen molar-refractivity contribution in [3.63, 3.8) is 0 Å². The summed E-state index contributed by atoms with van der Waals surface area (Å²) >= 11 is 1.31. The van der Waals surface area contributed by atoms with Gasteiger partial charge in [0.2, 0.25) is 0 Å². The predicted octanol–water partition coefficient (Wildman–Crippen LogP) is 4.60. The summed E-state index contributed by atoms with van der Waals surface area (Å²) in [7, 11) is 0. The standard InChI is InChI=1S/C31H30O5S/c32-27-26(36-30(29(34)28(27)33)37-25-19-11-4-12-20-25)21-35-31(22-13-5-1-6-14-22,23-15-7-2-8-16-23)24-17-9-3-10-18-24/h1-20,26-30,32-34H,21H2/t26?,27-,28?,29?,30-/m1/s1. The maximum Gasteiger partial charge on any atom is 0.143 e. The third kappa shape index (κ3) is 5.36. The lowest BCUT2D eigenvalue weighted by molar-refractivity contribution is -0.216. The highest BCUT2D eigenvalue weighted by Gasteiger charge is 2.46. The fourth-order valence-corrected chi connectivity index (χ4v) is 5.84. The average Bonchev–Trinajstić information content (AvgIpc) is 2.96. The molecule has 1 aliphatic heterocycles. The van der Waals surface area contributed by atoms with Gasteiger partial charge in [-0.15, -0.1) is 0 Å². The highest BCUT2D eigenvalue weighted by molar-refractivity contribution is 7.99. The van der Waals surface area contributed by atoms with E-state index in [1.807, 2.05) is 121 Å². The molecule has 4 aromatic carbocycles. The number of hydrogen-bond donors (Lipinski definition) is 3. The molecule has 1 aliphatic rings. The molecule has 37 heavy (non-hydrogen) atoms. The first-order valence-electron chi connectivity index (χ1n) is 12.3. The first-order valence-corrected chi connectivity index (χ1v) is 13.2. The van der Waals surface area contributed by atoms with Crippen molar-refractivity contribution in [2.45, 2.75) is 40.3 Å². The number of rotatable bonds is 8. The highest BCUT2D eigenvalue weighted by atomic mass is 32.2. The minimum absolute atomic E-state index is 0.0184. The van der Waals surface area contributed by atoms with Crippen LogP contribution >= 0.6 is 11.8 Å². The normalized spacial score (nSPS) is 24.0. The molecule has 3 N–H and O–H groups in total. The zero-order valence-corrected chi connectivity index (χ0v) is 21.0. The Kier molecular flexibility index (Phi) is 8.05. The SMILES string of the molecule is OC1C(O)[C@@H](Sc2ccccc2)OC(COC(c2ccccc2)(c2ccccc2)c2ccccc2)[C@H]1O. The number of hydrogen-bond acceptors (Lipinski definition) is 6. The highest BCUT2D eigenvalue weighted by Crippen LogP contribution is 2.41. The third-order valence-corrected chi connectivity index (χ3v) is 7.84. The summed E-state index contributed by atoms with van der Waals surface area (Å²) in [6, 6.07) is 39.3. The summed E-state index contributed by atoms with van der Waals surface area (Å²) in [6.45, 7) is -0.0184. The molecule has 190 valence electrons. The average molecular weight is 515 g/mol. The molecule has 0 spiro atoms. The summed E-state index contributed by atoms with van der Waals surface area (Å²) in [5, 5.41) is 32.2. The van der Waals surface area contributed by atoms with Crippen LogP contribution in [0.15, 0.2) is 126 Å². The Hall–Kier alpha value is -2.97. The molecule has 0 aromatic heterocycles. The molecule has 4 aromatic rings. The number of aliphatic hydroxyl groups is 3. The van der Waals surface area contributed by atoms with E-state index < -0.39 is 35.5 Å². The van der Waals surface area contributed by atoms with Crippen molar-refractivity contribution in [1.82, 2.24) is 0 Å². The fraction of sp³-hybridized carbons (Fsp3) is 0.226. The molecule has 0 bridgehead atoms. The van der Waals surface area contributed by atoms with Crippen LogP contribution in [0.3, 0.4) is 0 Å². The Balaban J connectivity index is 1.49.